The van der Waals surface area contributed by atoms with Crippen LogP contribution in [-0.2, 0) is 14.3 Å². The Bertz CT molecular complexity index is 1130. The van der Waals surface area contributed by atoms with Crippen molar-refractivity contribution in [1.82, 2.24) is 25.3 Å². The Balaban J connectivity index is 1.59. The van der Waals surface area contributed by atoms with Gasteiger partial charge in [-0.25, -0.2) is 14.4 Å². The van der Waals surface area contributed by atoms with E-state index in [4.69, 9.17) is 19.3 Å². The van der Waals surface area contributed by atoms with Crippen molar-refractivity contribution in [3.05, 3.63) is 48.2 Å². The number of hydrogen-bond donors (Lipinski definition) is 3. The quantitative estimate of drug-likeness (QED) is 0.426. The van der Waals surface area contributed by atoms with Crippen molar-refractivity contribution < 1.29 is 28.5 Å². The van der Waals surface area contributed by atoms with E-state index >= 15 is 0 Å². The number of methoxy groups -OCH3 is 1. The Morgan fingerprint density at radius 2 is 2.00 bits per heavy atom. The summed E-state index contributed by atoms with van der Waals surface area (Å²) in [5.41, 5.74) is 1.40. The van der Waals surface area contributed by atoms with Crippen LogP contribution in [0.25, 0.3) is 22.6 Å². The number of rotatable bonds is 8. The number of halogens is 1. The molecule has 0 radical (unpaired) electrons. The first kappa shape index (κ1) is 23.7. The molecular formula is C23H26FN5O5. The molecule has 0 saturated carbocycles. The van der Waals surface area contributed by atoms with Crippen LogP contribution in [0.15, 0.2) is 36.5 Å². The lowest BCUT2D eigenvalue weighted by Crippen LogP contribution is -2.48. The summed E-state index contributed by atoms with van der Waals surface area (Å²) in [6.45, 7) is 2.36. The highest BCUT2D eigenvalue weighted by molar-refractivity contribution is 5.82. The number of aliphatic hydroxyl groups is 1. The van der Waals surface area contributed by atoms with Crippen molar-refractivity contribution in [1.29, 1.82) is 0 Å². The molecule has 1 aliphatic heterocycles. The van der Waals surface area contributed by atoms with E-state index in [-0.39, 0.29) is 37.6 Å². The number of H-pyrrole nitrogens is 1. The molecule has 3 aromatic rings. The summed E-state index contributed by atoms with van der Waals surface area (Å²) in [7, 11) is 1.47. The van der Waals surface area contributed by atoms with Crippen molar-refractivity contribution in [2.24, 2.45) is 5.41 Å². The standard InChI is InChI=1S/C23H26FN5O5/c1-23(21(31)25-9-3-11-30)12-33-20(34-13-23)19-28-17(14-4-6-15(24)7-5-14)18(29-19)16-8-10-26-22(27-16)32-2/h4-8,10,20,30H,3,9,11-13H2,1-2H3,(H,25,31)(H,28,29). The third-order valence-electron chi connectivity index (χ3n) is 5.41. The van der Waals surface area contributed by atoms with Crippen LogP contribution >= 0.6 is 0 Å². The van der Waals surface area contributed by atoms with Gasteiger partial charge in [0.15, 0.2) is 5.82 Å². The number of nitrogens with one attached hydrogen (secondary N) is 2. The Morgan fingerprint density at radius 3 is 2.68 bits per heavy atom. The summed E-state index contributed by atoms with van der Waals surface area (Å²) in [5, 5.41) is 11.7. The van der Waals surface area contributed by atoms with Crippen molar-refractivity contribution in [2.45, 2.75) is 19.6 Å². The zero-order chi connectivity index (χ0) is 24.1. The molecule has 180 valence electrons. The number of carbonyl (C=O) groups is 1. The van der Waals surface area contributed by atoms with Gasteiger partial charge in [0.1, 0.15) is 5.82 Å². The first-order valence-corrected chi connectivity index (χ1v) is 10.8. The number of amides is 1. The van der Waals surface area contributed by atoms with E-state index in [0.29, 0.717) is 41.4 Å². The van der Waals surface area contributed by atoms with Gasteiger partial charge in [0.2, 0.25) is 12.2 Å². The Kier molecular flexibility index (Phi) is 7.15. The van der Waals surface area contributed by atoms with E-state index in [0.717, 1.165) is 0 Å². The topological polar surface area (TPSA) is 131 Å². The van der Waals surface area contributed by atoms with Gasteiger partial charge >= 0.3 is 6.01 Å². The fraction of sp³-hybridized carbons (Fsp3) is 0.391. The second-order valence-electron chi connectivity index (χ2n) is 8.13. The lowest BCUT2D eigenvalue weighted by atomic mass is 9.91. The van der Waals surface area contributed by atoms with Crippen molar-refractivity contribution in [3.8, 4) is 28.7 Å². The molecule has 3 N–H and O–H groups in total. The minimum atomic E-state index is -0.874. The van der Waals surface area contributed by atoms with Gasteiger partial charge in [0.25, 0.3) is 0 Å². The van der Waals surface area contributed by atoms with Gasteiger partial charge in [-0.1, -0.05) is 0 Å². The van der Waals surface area contributed by atoms with Gasteiger partial charge in [-0.2, -0.15) is 4.98 Å². The number of imidazole rings is 1. The summed E-state index contributed by atoms with van der Waals surface area (Å²) < 4.78 is 30.4. The summed E-state index contributed by atoms with van der Waals surface area (Å²) in [4.78, 5) is 28.8. The maximum atomic E-state index is 13.5. The number of aliphatic hydroxyl groups excluding tert-OH is 1. The molecule has 4 rings (SSSR count). The number of carbonyl (C=O) groups excluding carboxylic acids is 1. The van der Waals surface area contributed by atoms with E-state index in [1.165, 1.54) is 19.2 Å². The number of aromatic amines is 1. The Labute approximate surface area is 195 Å². The lowest BCUT2D eigenvalue weighted by molar-refractivity contribution is -0.231. The van der Waals surface area contributed by atoms with E-state index in [1.54, 1.807) is 31.3 Å². The molecule has 0 atom stereocenters. The molecule has 10 nitrogen and oxygen atoms in total. The summed E-state index contributed by atoms with van der Waals surface area (Å²) in [6.07, 6.45) is 1.20. The highest BCUT2D eigenvalue weighted by atomic mass is 19.1. The second-order valence-corrected chi connectivity index (χ2v) is 8.13. The fourth-order valence-electron chi connectivity index (χ4n) is 3.48. The predicted octanol–water partition coefficient (Wildman–Crippen LogP) is 2.23. The van der Waals surface area contributed by atoms with E-state index < -0.39 is 11.7 Å². The SMILES string of the molecule is COc1nccc(-c2[nH]c(C3OCC(C)(C(=O)NCCCO)CO3)nc2-c2ccc(F)cc2)n1. The monoisotopic (exact) mass is 471 g/mol. The Hall–Kier alpha value is -3.41. The van der Waals surface area contributed by atoms with Gasteiger partial charge in [-0.3, -0.25) is 4.79 Å². The summed E-state index contributed by atoms with van der Waals surface area (Å²) >= 11 is 0. The summed E-state index contributed by atoms with van der Waals surface area (Å²) in [5.74, 6) is -0.186. The zero-order valence-electron chi connectivity index (χ0n) is 18.9. The van der Waals surface area contributed by atoms with Crippen LogP contribution in [0.2, 0.25) is 0 Å². The zero-order valence-corrected chi connectivity index (χ0v) is 18.9. The van der Waals surface area contributed by atoms with Crippen LogP contribution in [-0.4, -0.2) is 64.4 Å². The molecule has 1 amide bonds. The van der Waals surface area contributed by atoms with Crippen molar-refractivity contribution in [3.63, 3.8) is 0 Å². The van der Waals surface area contributed by atoms with Crippen LogP contribution in [0.1, 0.15) is 25.5 Å². The predicted molar refractivity (Wildman–Crippen MR) is 119 cm³/mol. The number of ether oxygens (including phenoxy) is 3. The number of nitrogens with zero attached hydrogens (tertiary/aromatic N) is 3. The molecule has 0 aliphatic carbocycles. The van der Waals surface area contributed by atoms with Gasteiger partial charge in [0.05, 0.1) is 42.8 Å². The molecule has 3 heterocycles. The average Bonchev–Trinajstić information content (AvgIpc) is 3.30. The molecule has 0 bridgehead atoms. The van der Waals surface area contributed by atoms with Gasteiger partial charge in [0, 0.05) is 24.9 Å². The molecule has 0 unspecified atom stereocenters. The molecule has 1 aromatic carbocycles. The molecule has 2 aromatic heterocycles. The number of hydrogen-bond acceptors (Lipinski definition) is 8. The van der Waals surface area contributed by atoms with Crippen LogP contribution in [0, 0.1) is 11.2 Å². The third-order valence-corrected chi connectivity index (χ3v) is 5.41. The molecule has 1 aliphatic rings. The van der Waals surface area contributed by atoms with Gasteiger partial charge in [-0.15, -0.1) is 0 Å². The summed E-state index contributed by atoms with van der Waals surface area (Å²) in [6, 6.07) is 7.82. The number of aromatic nitrogens is 4. The smallest absolute Gasteiger partial charge is 0.316 e. The highest BCUT2D eigenvalue weighted by Crippen LogP contribution is 2.35. The first-order valence-electron chi connectivity index (χ1n) is 10.8. The normalized spacial score (nSPS) is 20.2. The van der Waals surface area contributed by atoms with Crippen molar-refractivity contribution in [2.75, 3.05) is 33.5 Å². The molecule has 1 saturated heterocycles. The Morgan fingerprint density at radius 1 is 1.26 bits per heavy atom. The maximum Gasteiger partial charge on any atom is 0.316 e. The lowest BCUT2D eigenvalue weighted by Gasteiger charge is -2.35. The first-order chi connectivity index (χ1) is 16.4. The third kappa shape index (κ3) is 5.06. The maximum absolute atomic E-state index is 13.5. The average molecular weight is 471 g/mol. The van der Waals surface area contributed by atoms with Gasteiger partial charge in [-0.05, 0) is 43.7 Å². The minimum Gasteiger partial charge on any atom is -0.467 e. The van der Waals surface area contributed by atoms with E-state index in [9.17, 15) is 9.18 Å². The minimum absolute atomic E-state index is 0.00148. The second kappa shape index (κ2) is 10.2. The fourth-order valence-corrected chi connectivity index (χ4v) is 3.48. The van der Waals surface area contributed by atoms with Crippen molar-refractivity contribution >= 4 is 5.91 Å². The van der Waals surface area contributed by atoms with Crippen LogP contribution in [0.3, 0.4) is 0 Å². The van der Waals surface area contributed by atoms with Crippen LogP contribution in [0.5, 0.6) is 6.01 Å². The largest absolute Gasteiger partial charge is 0.467 e. The van der Waals surface area contributed by atoms with Gasteiger partial charge < -0.3 is 29.6 Å². The molecule has 0 spiro atoms. The van der Waals surface area contributed by atoms with Crippen LogP contribution < -0.4 is 10.1 Å². The molecule has 1 fully saturated rings. The van der Waals surface area contributed by atoms with Crippen LogP contribution in [0.4, 0.5) is 4.39 Å². The molecule has 11 heteroatoms. The number of benzene rings is 1. The molecular weight excluding hydrogens is 445 g/mol. The molecule has 34 heavy (non-hydrogen) atoms. The van der Waals surface area contributed by atoms with E-state index in [2.05, 4.69) is 25.3 Å². The highest BCUT2D eigenvalue weighted by Gasteiger charge is 2.40. The van der Waals surface area contributed by atoms with E-state index in [1.807, 2.05) is 0 Å².